The number of anilines is 2. The van der Waals surface area contributed by atoms with E-state index in [0.29, 0.717) is 25.0 Å². The molecule has 0 bridgehead atoms. The molecule has 0 radical (unpaired) electrons. The van der Waals surface area contributed by atoms with Crippen LogP contribution < -0.4 is 17.2 Å². The van der Waals surface area contributed by atoms with Crippen LogP contribution in [0.2, 0.25) is 0 Å². The summed E-state index contributed by atoms with van der Waals surface area (Å²) in [5, 5.41) is 8.31. The van der Waals surface area contributed by atoms with Gasteiger partial charge in [0.05, 0.1) is 24.6 Å². The Hall–Kier alpha value is -4.82. The second-order valence-electron chi connectivity index (χ2n) is 9.09. The van der Waals surface area contributed by atoms with E-state index in [2.05, 4.69) is 60.5 Å². The van der Waals surface area contributed by atoms with Crippen molar-refractivity contribution in [3.8, 4) is 12.3 Å². The number of H-pyrrole nitrogens is 2. The van der Waals surface area contributed by atoms with Crippen LogP contribution in [0.5, 0.6) is 0 Å². The van der Waals surface area contributed by atoms with Crippen molar-refractivity contribution in [2.75, 3.05) is 18.0 Å². The summed E-state index contributed by atoms with van der Waals surface area (Å²) >= 11 is 0. The van der Waals surface area contributed by atoms with Crippen molar-refractivity contribution in [2.24, 2.45) is 5.73 Å². The summed E-state index contributed by atoms with van der Waals surface area (Å²) in [6, 6.07) is 20.3. The van der Waals surface area contributed by atoms with Gasteiger partial charge in [-0.3, -0.25) is 0 Å². The van der Waals surface area contributed by atoms with Crippen molar-refractivity contribution >= 4 is 48.9 Å². The number of rotatable bonds is 10. The maximum Gasteiger partial charge on any atom is 0.197 e. The Morgan fingerprint density at radius 3 is 1.82 bits per heavy atom. The van der Waals surface area contributed by atoms with Crippen molar-refractivity contribution in [1.82, 2.24) is 34.9 Å². The van der Waals surface area contributed by atoms with Gasteiger partial charge in [-0.1, -0.05) is 90.2 Å². The van der Waals surface area contributed by atoms with Crippen LogP contribution in [0, 0.1) is 12.3 Å². The molecule has 0 spiro atoms. The van der Waals surface area contributed by atoms with Gasteiger partial charge in [-0.2, -0.15) is 0 Å². The van der Waals surface area contributed by atoms with Gasteiger partial charge in [0.1, 0.15) is 0 Å². The average Bonchev–Trinajstić information content (AvgIpc) is 3.77. The molecule has 0 aliphatic carbocycles. The summed E-state index contributed by atoms with van der Waals surface area (Å²) < 4.78 is 1.83. The number of terminal acetylenes is 1. The highest BCUT2D eigenvalue weighted by Crippen LogP contribution is 2.05. The van der Waals surface area contributed by atoms with Gasteiger partial charge in [0, 0.05) is 37.0 Å². The highest BCUT2D eigenvalue weighted by molar-refractivity contribution is 5.85. The fraction of sp³-hybridized carbons (Fsp3) is 0.188. The molecule has 0 unspecified atom stereocenters. The first-order chi connectivity index (χ1) is 20.6. The zero-order chi connectivity index (χ0) is 29.8. The zero-order valence-electron chi connectivity index (χ0n) is 24.4. The Kier molecular flexibility index (Phi) is 18.5. The topological polar surface area (TPSA) is 166 Å². The number of aromatic amines is 2. The fourth-order valence-electron chi connectivity index (χ4n) is 3.65. The largest absolute Gasteiger partial charge is 0.369 e. The predicted octanol–water partition coefficient (Wildman–Crippen LogP) is 5.14. The van der Waals surface area contributed by atoms with Crippen LogP contribution in [0.1, 0.15) is 34.6 Å². The Morgan fingerprint density at radius 1 is 0.773 bits per heavy atom. The summed E-state index contributed by atoms with van der Waals surface area (Å²) in [4.78, 5) is 13.7. The number of hydrogen-bond donors (Lipinski definition) is 5. The second-order valence-corrected chi connectivity index (χ2v) is 9.09. The first kappa shape index (κ1) is 37.2. The SMILES string of the molecule is C#CCCc1cnc(N)[nH]1.Cl.Cl.NC/C=C/c1ccccc1.Nc1ncc(CCc2cn(C/C=C/c3ccccc3)nn2)[nH]1. The van der Waals surface area contributed by atoms with Crippen LogP contribution in [-0.2, 0) is 25.8 Å². The van der Waals surface area contributed by atoms with E-state index in [9.17, 15) is 0 Å². The third-order valence-electron chi connectivity index (χ3n) is 5.72. The summed E-state index contributed by atoms with van der Waals surface area (Å²) in [6.07, 6.45) is 21.8. The number of allylic oxidation sites excluding steroid dienone is 1. The molecule has 10 nitrogen and oxygen atoms in total. The van der Waals surface area contributed by atoms with E-state index in [4.69, 9.17) is 23.6 Å². The number of benzene rings is 2. The van der Waals surface area contributed by atoms with Gasteiger partial charge in [-0.15, -0.1) is 42.3 Å². The third kappa shape index (κ3) is 14.9. The molecule has 44 heavy (non-hydrogen) atoms. The molecule has 12 heteroatoms. The maximum atomic E-state index is 5.55. The number of hydrogen-bond acceptors (Lipinski definition) is 7. The van der Waals surface area contributed by atoms with Gasteiger partial charge in [-0.05, 0) is 24.0 Å². The van der Waals surface area contributed by atoms with E-state index in [1.807, 2.05) is 71.6 Å². The van der Waals surface area contributed by atoms with Crippen molar-refractivity contribution in [3.63, 3.8) is 0 Å². The lowest BCUT2D eigenvalue weighted by molar-refractivity contribution is 0.662. The number of aryl methyl sites for hydroxylation is 3. The quantitative estimate of drug-likeness (QED) is 0.133. The lowest BCUT2D eigenvalue weighted by Crippen LogP contribution is -1.95. The first-order valence-corrected chi connectivity index (χ1v) is 13.6. The standard InChI is InChI=1S/C16H18N6.C9H11N.C7H9N3.2ClH/c17-16-18-11-14(19-16)8-9-15-12-22(21-20-15)10-4-7-13-5-2-1-3-6-13;10-8-4-7-9-5-2-1-3-6-9;1-2-3-4-6-5-9-7(8)10-6;;/h1-7,11-12H,8-10H2,(H3,17,18,19);1-7H,8,10H2;1,5H,3-4H2,(H3,8,9,10);2*1H/b2*7-4+;;;. The Labute approximate surface area is 271 Å². The molecule has 0 aliphatic heterocycles. The average molecular weight is 636 g/mol. The summed E-state index contributed by atoms with van der Waals surface area (Å²) in [5.74, 6) is 3.44. The van der Waals surface area contributed by atoms with Crippen LogP contribution in [0.3, 0.4) is 0 Å². The molecule has 5 aromatic rings. The Balaban J connectivity index is 0.000000369. The van der Waals surface area contributed by atoms with E-state index >= 15 is 0 Å². The van der Waals surface area contributed by atoms with Crippen LogP contribution in [0.4, 0.5) is 11.9 Å². The minimum absolute atomic E-state index is 0. The molecule has 0 saturated carbocycles. The molecule has 5 rings (SSSR count). The van der Waals surface area contributed by atoms with E-state index in [0.717, 1.165) is 42.8 Å². The van der Waals surface area contributed by atoms with Crippen LogP contribution in [0.15, 0.2) is 91.4 Å². The molecule has 0 amide bonds. The van der Waals surface area contributed by atoms with E-state index in [-0.39, 0.29) is 24.8 Å². The van der Waals surface area contributed by atoms with E-state index in [1.165, 1.54) is 11.1 Å². The molecule has 8 N–H and O–H groups in total. The van der Waals surface area contributed by atoms with Gasteiger partial charge >= 0.3 is 0 Å². The molecular formula is C32H40Cl2N10. The van der Waals surface area contributed by atoms with Gasteiger partial charge < -0.3 is 27.2 Å². The van der Waals surface area contributed by atoms with Gasteiger partial charge in [0.15, 0.2) is 11.9 Å². The minimum atomic E-state index is 0. The number of imidazole rings is 2. The Bertz CT molecular complexity index is 1530. The van der Waals surface area contributed by atoms with Crippen molar-refractivity contribution in [1.29, 1.82) is 0 Å². The van der Waals surface area contributed by atoms with Crippen molar-refractivity contribution in [3.05, 3.63) is 120 Å². The number of aromatic nitrogens is 7. The molecule has 0 atom stereocenters. The molecule has 3 heterocycles. The molecule has 0 saturated heterocycles. The highest BCUT2D eigenvalue weighted by atomic mass is 35.5. The number of nitrogen functional groups attached to an aromatic ring is 2. The minimum Gasteiger partial charge on any atom is -0.369 e. The lowest BCUT2D eigenvalue weighted by atomic mass is 10.2. The van der Waals surface area contributed by atoms with E-state index in [1.54, 1.807) is 12.4 Å². The molecule has 0 fully saturated rings. The summed E-state index contributed by atoms with van der Waals surface area (Å²) in [7, 11) is 0. The van der Waals surface area contributed by atoms with Crippen molar-refractivity contribution < 1.29 is 0 Å². The third-order valence-corrected chi connectivity index (χ3v) is 5.72. The number of nitrogens with two attached hydrogens (primary N) is 3. The smallest absolute Gasteiger partial charge is 0.197 e. The molecule has 3 aromatic heterocycles. The molecular weight excluding hydrogens is 595 g/mol. The van der Waals surface area contributed by atoms with Crippen LogP contribution in [-0.4, -0.2) is 41.5 Å². The summed E-state index contributed by atoms with van der Waals surface area (Å²) in [5.41, 5.74) is 21.5. The second kappa shape index (κ2) is 21.8. The number of halogens is 2. The summed E-state index contributed by atoms with van der Waals surface area (Å²) in [6.45, 7) is 1.31. The van der Waals surface area contributed by atoms with Crippen molar-refractivity contribution in [2.45, 2.75) is 32.2 Å². The monoisotopic (exact) mass is 634 g/mol. The number of nitrogens with one attached hydrogen (secondary N) is 2. The predicted molar refractivity (Wildman–Crippen MR) is 185 cm³/mol. The van der Waals surface area contributed by atoms with Gasteiger partial charge in [0.25, 0.3) is 0 Å². The fourth-order valence-corrected chi connectivity index (χ4v) is 3.65. The number of nitrogens with zero attached hydrogens (tertiary/aromatic N) is 5. The normalized spacial score (nSPS) is 10.1. The molecule has 2 aromatic carbocycles. The lowest BCUT2D eigenvalue weighted by Gasteiger charge is -1.94. The van der Waals surface area contributed by atoms with E-state index < -0.39 is 0 Å². The molecule has 0 aliphatic rings. The Morgan fingerprint density at radius 2 is 1.32 bits per heavy atom. The molecule has 232 valence electrons. The highest BCUT2D eigenvalue weighted by Gasteiger charge is 2.03. The van der Waals surface area contributed by atoms with Crippen LogP contribution in [0.25, 0.3) is 12.2 Å². The van der Waals surface area contributed by atoms with Gasteiger partial charge in [-0.25, -0.2) is 14.6 Å². The zero-order valence-corrected chi connectivity index (χ0v) is 26.1. The van der Waals surface area contributed by atoms with Crippen LogP contribution >= 0.6 is 24.8 Å². The van der Waals surface area contributed by atoms with Gasteiger partial charge in [0.2, 0.25) is 0 Å². The first-order valence-electron chi connectivity index (χ1n) is 13.6. The maximum absolute atomic E-state index is 5.55.